The third-order valence-corrected chi connectivity index (χ3v) is 2.44. The monoisotopic (exact) mass is 245 g/mol. The average Bonchev–Trinajstić information content (AvgIpc) is 2.81. The van der Waals surface area contributed by atoms with Gasteiger partial charge in [-0.05, 0) is 24.6 Å². The fourth-order valence-corrected chi connectivity index (χ4v) is 1.57. The predicted octanol–water partition coefficient (Wildman–Crippen LogP) is 3.43. The molecule has 1 aromatic carbocycles. The first-order valence-electron chi connectivity index (χ1n) is 5.81. The standard InChI is InChI=1S/C12H10FN3.C2H6/c1-8-3-9(5-14)11(4-12(8)13)10-6-15-16(2)7-10;1-2/h3-4,6-7H,1-2H3;1-2H3. The maximum atomic E-state index is 13.5. The predicted molar refractivity (Wildman–Crippen MR) is 69.4 cm³/mol. The van der Waals surface area contributed by atoms with Gasteiger partial charge in [0.25, 0.3) is 0 Å². The van der Waals surface area contributed by atoms with Gasteiger partial charge in [-0.25, -0.2) is 4.39 Å². The summed E-state index contributed by atoms with van der Waals surface area (Å²) in [5.74, 6) is -0.308. The van der Waals surface area contributed by atoms with E-state index in [2.05, 4.69) is 11.2 Å². The van der Waals surface area contributed by atoms with Crippen LogP contribution < -0.4 is 0 Å². The number of aryl methyl sites for hydroxylation is 2. The maximum Gasteiger partial charge on any atom is 0.126 e. The number of hydrogen-bond donors (Lipinski definition) is 0. The molecule has 0 aliphatic carbocycles. The highest BCUT2D eigenvalue weighted by Gasteiger charge is 2.10. The lowest BCUT2D eigenvalue weighted by Gasteiger charge is -2.03. The Bertz CT molecular complexity index is 579. The second-order valence-corrected chi connectivity index (χ2v) is 3.66. The number of halogens is 1. The fraction of sp³-hybridized carbons (Fsp3) is 0.286. The Labute approximate surface area is 106 Å². The van der Waals surface area contributed by atoms with Crippen molar-refractivity contribution in [2.75, 3.05) is 0 Å². The Hall–Kier alpha value is -2.15. The summed E-state index contributed by atoms with van der Waals surface area (Å²) in [7, 11) is 1.78. The molecule has 1 aromatic heterocycles. The molecular weight excluding hydrogens is 229 g/mol. The van der Waals surface area contributed by atoms with Crippen LogP contribution in [0.3, 0.4) is 0 Å². The van der Waals surface area contributed by atoms with E-state index >= 15 is 0 Å². The SMILES string of the molecule is CC.Cc1cc(C#N)c(-c2cnn(C)c2)cc1F. The van der Waals surface area contributed by atoms with Crippen molar-refractivity contribution in [3.05, 3.63) is 41.5 Å². The van der Waals surface area contributed by atoms with Gasteiger partial charge in [-0.2, -0.15) is 10.4 Å². The summed E-state index contributed by atoms with van der Waals surface area (Å²) in [5.41, 5.74) is 2.27. The van der Waals surface area contributed by atoms with Gasteiger partial charge in [0.1, 0.15) is 5.82 Å². The second kappa shape index (κ2) is 5.97. The van der Waals surface area contributed by atoms with E-state index in [0.29, 0.717) is 16.7 Å². The van der Waals surface area contributed by atoms with Crippen molar-refractivity contribution in [1.29, 1.82) is 5.26 Å². The third kappa shape index (κ3) is 2.75. The van der Waals surface area contributed by atoms with Crippen LogP contribution in [0.4, 0.5) is 4.39 Å². The topological polar surface area (TPSA) is 41.6 Å². The molecule has 0 radical (unpaired) electrons. The molecule has 18 heavy (non-hydrogen) atoms. The molecule has 0 bridgehead atoms. The lowest BCUT2D eigenvalue weighted by atomic mass is 10.0. The van der Waals surface area contributed by atoms with Crippen LogP contribution in [-0.4, -0.2) is 9.78 Å². The van der Waals surface area contributed by atoms with E-state index in [1.54, 1.807) is 37.1 Å². The van der Waals surface area contributed by atoms with Gasteiger partial charge in [0.15, 0.2) is 0 Å². The third-order valence-electron chi connectivity index (χ3n) is 2.44. The van der Waals surface area contributed by atoms with Crippen LogP contribution in [-0.2, 0) is 7.05 Å². The van der Waals surface area contributed by atoms with E-state index in [9.17, 15) is 4.39 Å². The van der Waals surface area contributed by atoms with Crippen LogP contribution >= 0.6 is 0 Å². The van der Waals surface area contributed by atoms with Crippen LogP contribution in [0, 0.1) is 24.1 Å². The Balaban J connectivity index is 0.000000771. The first kappa shape index (κ1) is 13.9. The van der Waals surface area contributed by atoms with Gasteiger partial charge in [0.05, 0.1) is 17.8 Å². The molecule has 0 saturated carbocycles. The minimum atomic E-state index is -0.308. The zero-order chi connectivity index (χ0) is 13.7. The molecule has 2 aromatic rings. The molecule has 0 aliphatic heterocycles. The highest BCUT2D eigenvalue weighted by Crippen LogP contribution is 2.25. The summed E-state index contributed by atoms with van der Waals surface area (Å²) >= 11 is 0. The molecule has 94 valence electrons. The van der Waals surface area contributed by atoms with Gasteiger partial charge in [0, 0.05) is 24.4 Å². The van der Waals surface area contributed by atoms with Gasteiger partial charge in [-0.3, -0.25) is 4.68 Å². The quantitative estimate of drug-likeness (QED) is 0.772. The summed E-state index contributed by atoms with van der Waals surface area (Å²) in [5, 5.41) is 13.0. The van der Waals surface area contributed by atoms with E-state index in [1.165, 1.54) is 6.07 Å². The first-order valence-corrected chi connectivity index (χ1v) is 5.81. The summed E-state index contributed by atoms with van der Waals surface area (Å²) in [6.45, 7) is 5.64. The minimum Gasteiger partial charge on any atom is -0.275 e. The fourth-order valence-electron chi connectivity index (χ4n) is 1.57. The average molecular weight is 245 g/mol. The Kier molecular flexibility index (Phi) is 4.61. The summed E-state index contributed by atoms with van der Waals surface area (Å²) in [4.78, 5) is 0. The van der Waals surface area contributed by atoms with Crippen molar-refractivity contribution < 1.29 is 4.39 Å². The molecule has 0 spiro atoms. The Morgan fingerprint density at radius 2 is 2.00 bits per heavy atom. The molecular formula is C14H16FN3. The number of hydrogen-bond acceptors (Lipinski definition) is 2. The highest BCUT2D eigenvalue weighted by molar-refractivity contribution is 5.70. The van der Waals surface area contributed by atoms with E-state index in [1.807, 2.05) is 13.8 Å². The number of aromatic nitrogens is 2. The smallest absolute Gasteiger partial charge is 0.126 e. The molecule has 0 fully saturated rings. The maximum absolute atomic E-state index is 13.5. The van der Waals surface area contributed by atoms with Gasteiger partial charge in [0.2, 0.25) is 0 Å². The van der Waals surface area contributed by atoms with E-state index in [4.69, 9.17) is 5.26 Å². The highest BCUT2D eigenvalue weighted by atomic mass is 19.1. The molecule has 0 N–H and O–H groups in total. The molecule has 0 saturated heterocycles. The van der Waals surface area contributed by atoms with Crippen molar-refractivity contribution in [1.82, 2.24) is 9.78 Å². The molecule has 0 aliphatic rings. The van der Waals surface area contributed by atoms with Crippen LogP contribution in [0.5, 0.6) is 0 Å². The lowest BCUT2D eigenvalue weighted by Crippen LogP contribution is -1.89. The van der Waals surface area contributed by atoms with Crippen LogP contribution in [0.1, 0.15) is 25.0 Å². The Morgan fingerprint density at radius 3 is 2.50 bits per heavy atom. The molecule has 2 rings (SSSR count). The van der Waals surface area contributed by atoms with E-state index in [-0.39, 0.29) is 5.82 Å². The summed E-state index contributed by atoms with van der Waals surface area (Å²) in [6, 6.07) is 5.00. The first-order chi connectivity index (χ1) is 8.61. The Morgan fingerprint density at radius 1 is 1.33 bits per heavy atom. The molecule has 1 heterocycles. The van der Waals surface area contributed by atoms with Crippen molar-refractivity contribution in [3.63, 3.8) is 0 Å². The molecule has 0 amide bonds. The zero-order valence-electron chi connectivity index (χ0n) is 11.0. The van der Waals surface area contributed by atoms with Gasteiger partial charge >= 0.3 is 0 Å². The van der Waals surface area contributed by atoms with Crippen LogP contribution in [0.2, 0.25) is 0 Å². The van der Waals surface area contributed by atoms with Gasteiger partial charge in [-0.15, -0.1) is 0 Å². The summed E-state index contributed by atoms with van der Waals surface area (Å²) in [6.07, 6.45) is 3.37. The number of rotatable bonds is 1. The van der Waals surface area contributed by atoms with Crippen LogP contribution in [0.25, 0.3) is 11.1 Å². The normalized spacial score (nSPS) is 9.33. The number of benzene rings is 1. The van der Waals surface area contributed by atoms with Crippen molar-refractivity contribution in [2.24, 2.45) is 7.05 Å². The lowest BCUT2D eigenvalue weighted by molar-refractivity contribution is 0.619. The summed E-state index contributed by atoms with van der Waals surface area (Å²) < 4.78 is 15.1. The van der Waals surface area contributed by atoms with Gasteiger partial charge < -0.3 is 0 Å². The number of nitriles is 1. The second-order valence-electron chi connectivity index (χ2n) is 3.66. The largest absolute Gasteiger partial charge is 0.275 e. The van der Waals surface area contributed by atoms with Crippen molar-refractivity contribution in [3.8, 4) is 17.2 Å². The zero-order valence-corrected chi connectivity index (χ0v) is 11.0. The molecule has 0 unspecified atom stereocenters. The molecule has 0 atom stereocenters. The van der Waals surface area contributed by atoms with Crippen LogP contribution in [0.15, 0.2) is 24.5 Å². The number of nitrogens with zero attached hydrogens (tertiary/aromatic N) is 3. The molecule has 4 heteroatoms. The van der Waals surface area contributed by atoms with Crippen molar-refractivity contribution in [2.45, 2.75) is 20.8 Å². The van der Waals surface area contributed by atoms with E-state index in [0.717, 1.165) is 5.56 Å². The minimum absolute atomic E-state index is 0.308. The molecule has 3 nitrogen and oxygen atoms in total. The van der Waals surface area contributed by atoms with E-state index < -0.39 is 0 Å². The van der Waals surface area contributed by atoms with Gasteiger partial charge in [-0.1, -0.05) is 13.8 Å². The van der Waals surface area contributed by atoms with Crippen molar-refractivity contribution >= 4 is 0 Å².